The van der Waals surface area contributed by atoms with Crippen LogP contribution in [0.5, 0.6) is 0 Å². The zero-order valence-electron chi connectivity index (χ0n) is 18.7. The van der Waals surface area contributed by atoms with Gasteiger partial charge in [0.15, 0.2) is 0 Å². The number of nitrogens with zero attached hydrogens (tertiary/aromatic N) is 3. The number of pyridine rings is 1. The summed E-state index contributed by atoms with van der Waals surface area (Å²) in [5, 5.41) is 2.07. The summed E-state index contributed by atoms with van der Waals surface area (Å²) < 4.78 is 0. The van der Waals surface area contributed by atoms with Crippen molar-refractivity contribution in [2.24, 2.45) is 0 Å². The van der Waals surface area contributed by atoms with Gasteiger partial charge in [-0.15, -0.1) is 23.6 Å². The quantitative estimate of drug-likeness (QED) is 0.190. The molecule has 2 aromatic heterocycles. The van der Waals surface area contributed by atoms with Crippen molar-refractivity contribution in [2.75, 3.05) is 0 Å². The van der Waals surface area contributed by atoms with E-state index < -0.39 is 0 Å². The average Bonchev–Trinajstić information content (AvgIpc) is 2.93. The van der Waals surface area contributed by atoms with E-state index in [9.17, 15) is 0 Å². The van der Waals surface area contributed by atoms with Crippen molar-refractivity contribution < 1.29 is 20.1 Å². The number of fused-ring (bicyclic) bond motifs is 1. The summed E-state index contributed by atoms with van der Waals surface area (Å²) in [6, 6.07) is 42.3. The maximum Gasteiger partial charge on any atom is 0.146 e. The molecule has 1 radical (unpaired) electrons. The van der Waals surface area contributed by atoms with E-state index in [1.165, 1.54) is 0 Å². The van der Waals surface area contributed by atoms with Gasteiger partial charge in [-0.2, -0.15) is 0 Å². The summed E-state index contributed by atoms with van der Waals surface area (Å²) in [6.07, 6.45) is 1.80. The fraction of sp³-hybridized carbons (Fsp3) is 0. The van der Waals surface area contributed by atoms with Crippen molar-refractivity contribution in [3.63, 3.8) is 0 Å². The fourth-order valence-corrected chi connectivity index (χ4v) is 4.16. The molecule has 0 amide bonds. The first-order chi connectivity index (χ1) is 16.8. The van der Waals surface area contributed by atoms with Crippen LogP contribution >= 0.6 is 0 Å². The second-order valence-electron chi connectivity index (χ2n) is 8.05. The smallest absolute Gasteiger partial charge is 0.146 e. The summed E-state index contributed by atoms with van der Waals surface area (Å²) in [5.74, 6) is 0.683. The topological polar surface area (TPSA) is 38.7 Å². The van der Waals surface area contributed by atoms with Crippen molar-refractivity contribution in [3.8, 4) is 45.2 Å². The van der Waals surface area contributed by atoms with E-state index in [2.05, 4.69) is 59.6 Å². The van der Waals surface area contributed by atoms with Crippen LogP contribution in [0.3, 0.4) is 0 Å². The first kappa shape index (κ1) is 22.8. The molecule has 0 aliphatic carbocycles. The predicted molar refractivity (Wildman–Crippen MR) is 138 cm³/mol. The molecule has 0 N–H and O–H groups in total. The maximum absolute atomic E-state index is 5.04. The van der Waals surface area contributed by atoms with Gasteiger partial charge in [-0.05, 0) is 17.7 Å². The first-order valence-corrected chi connectivity index (χ1v) is 11.2. The number of aromatic nitrogens is 3. The van der Waals surface area contributed by atoms with Gasteiger partial charge in [0.05, 0.1) is 11.4 Å². The van der Waals surface area contributed by atoms with Gasteiger partial charge in [0.25, 0.3) is 0 Å². The van der Waals surface area contributed by atoms with E-state index in [0.29, 0.717) is 5.82 Å². The fourth-order valence-electron chi connectivity index (χ4n) is 4.16. The van der Waals surface area contributed by atoms with Gasteiger partial charge in [0, 0.05) is 43.1 Å². The van der Waals surface area contributed by atoms with Crippen LogP contribution in [0.1, 0.15) is 0 Å². The molecule has 0 unspecified atom stereocenters. The van der Waals surface area contributed by atoms with Crippen LogP contribution in [0, 0.1) is 6.07 Å². The number of rotatable bonds is 4. The van der Waals surface area contributed by atoms with Crippen LogP contribution < -0.4 is 0 Å². The molecule has 3 nitrogen and oxygen atoms in total. The van der Waals surface area contributed by atoms with Crippen molar-refractivity contribution in [1.82, 2.24) is 15.0 Å². The average molecular weight is 627 g/mol. The van der Waals surface area contributed by atoms with Crippen molar-refractivity contribution in [3.05, 3.63) is 128 Å². The Morgan fingerprint density at radius 3 is 1.77 bits per heavy atom. The van der Waals surface area contributed by atoms with Crippen LogP contribution in [0.25, 0.3) is 55.9 Å². The first-order valence-electron chi connectivity index (χ1n) is 11.2. The number of hydrogen-bond donors (Lipinski definition) is 0. The molecule has 0 spiro atoms. The van der Waals surface area contributed by atoms with Gasteiger partial charge in [0.2, 0.25) is 0 Å². The molecular weight excluding hydrogens is 607 g/mol. The molecule has 6 aromatic rings. The molecule has 0 saturated heterocycles. The van der Waals surface area contributed by atoms with Gasteiger partial charge in [-0.3, -0.25) is 4.98 Å². The molecule has 0 fully saturated rings. The summed E-state index contributed by atoms with van der Waals surface area (Å²) in [6.45, 7) is 0. The molecule has 0 bridgehead atoms. The number of benzene rings is 4. The predicted octanol–water partition coefficient (Wildman–Crippen LogP) is 7.49. The monoisotopic (exact) mass is 627 g/mol. The van der Waals surface area contributed by atoms with Gasteiger partial charge in [-0.25, -0.2) is 9.97 Å². The standard InChI is InChI=1S/C31H20N3.Ir/c1-3-11-22(12-4-1)29-21-30(23-13-5-2-6-14-23)34-31(33-29)27-20-25(28-17-9-10-18-32-28)19-24-15-7-8-16-26(24)27;/h1-18,20-21H;/q-1;. The second kappa shape index (κ2) is 10.1. The van der Waals surface area contributed by atoms with Gasteiger partial charge in [-0.1, -0.05) is 102 Å². The summed E-state index contributed by atoms with van der Waals surface area (Å²) >= 11 is 0. The molecule has 4 heteroatoms. The third-order valence-corrected chi connectivity index (χ3v) is 5.82. The third-order valence-electron chi connectivity index (χ3n) is 5.82. The molecule has 6 rings (SSSR count). The normalized spacial score (nSPS) is 10.6. The summed E-state index contributed by atoms with van der Waals surface area (Å²) in [4.78, 5) is 14.6. The van der Waals surface area contributed by atoms with Crippen LogP contribution in [0.4, 0.5) is 0 Å². The zero-order chi connectivity index (χ0) is 22.7. The zero-order valence-corrected chi connectivity index (χ0v) is 21.1. The molecular formula is C31H20IrN3-. The largest absolute Gasteiger partial charge is 0.295 e. The third kappa shape index (κ3) is 4.67. The van der Waals surface area contributed by atoms with E-state index in [4.69, 9.17) is 9.97 Å². The Kier molecular flexibility index (Phi) is 6.58. The van der Waals surface area contributed by atoms with E-state index in [1.807, 2.05) is 66.7 Å². The second-order valence-corrected chi connectivity index (χ2v) is 8.05. The molecule has 4 aromatic carbocycles. The SMILES string of the molecule is [Ir].[c-]1c(-c2ccccn2)cc(-c2nc(-c3ccccc3)cc(-c3ccccc3)n2)c2ccccc12. The van der Waals surface area contributed by atoms with Crippen molar-refractivity contribution >= 4 is 10.8 Å². The molecule has 0 aliphatic rings. The number of hydrogen-bond acceptors (Lipinski definition) is 3. The minimum absolute atomic E-state index is 0. The molecule has 169 valence electrons. The van der Waals surface area contributed by atoms with E-state index >= 15 is 0 Å². The van der Waals surface area contributed by atoms with Gasteiger partial charge < -0.3 is 0 Å². The van der Waals surface area contributed by atoms with Crippen LogP contribution in [-0.2, 0) is 20.1 Å². The Morgan fingerprint density at radius 2 is 1.14 bits per heavy atom. The maximum atomic E-state index is 5.04. The molecule has 0 saturated carbocycles. The van der Waals surface area contributed by atoms with E-state index in [1.54, 1.807) is 6.20 Å². The van der Waals surface area contributed by atoms with Gasteiger partial charge in [0.1, 0.15) is 5.82 Å². The van der Waals surface area contributed by atoms with E-state index in [0.717, 1.165) is 50.1 Å². The Balaban J connectivity index is 0.00000253. The van der Waals surface area contributed by atoms with Crippen molar-refractivity contribution in [2.45, 2.75) is 0 Å². The van der Waals surface area contributed by atoms with Crippen LogP contribution in [-0.4, -0.2) is 15.0 Å². The van der Waals surface area contributed by atoms with E-state index in [-0.39, 0.29) is 20.1 Å². The Morgan fingerprint density at radius 1 is 0.543 bits per heavy atom. The molecule has 35 heavy (non-hydrogen) atoms. The van der Waals surface area contributed by atoms with Crippen LogP contribution in [0.15, 0.2) is 121 Å². The molecule has 0 atom stereocenters. The Bertz CT molecular complexity index is 1530. The van der Waals surface area contributed by atoms with Gasteiger partial charge >= 0.3 is 0 Å². The van der Waals surface area contributed by atoms with Crippen molar-refractivity contribution in [1.29, 1.82) is 0 Å². The Labute approximate surface area is 217 Å². The minimum atomic E-state index is 0. The summed E-state index contributed by atoms with van der Waals surface area (Å²) in [7, 11) is 0. The van der Waals surface area contributed by atoms with Crippen LogP contribution in [0.2, 0.25) is 0 Å². The molecule has 0 aliphatic heterocycles. The molecule has 2 heterocycles. The summed E-state index contributed by atoms with van der Waals surface area (Å²) in [5.41, 5.74) is 6.65. The Hall–Kier alpha value is -3.98. The minimum Gasteiger partial charge on any atom is -0.295 e.